The third-order valence-corrected chi connectivity index (χ3v) is 6.11. The fourth-order valence-corrected chi connectivity index (χ4v) is 4.32. The van der Waals surface area contributed by atoms with Crippen LogP contribution in [-0.4, -0.2) is 34.6 Å². The van der Waals surface area contributed by atoms with Gasteiger partial charge >= 0.3 is 0 Å². The van der Waals surface area contributed by atoms with Crippen molar-refractivity contribution in [3.8, 4) is 0 Å². The Morgan fingerprint density at radius 2 is 1.89 bits per heavy atom. The molecule has 2 N–H and O–H groups in total. The molecule has 6 nitrogen and oxygen atoms in total. The smallest absolute Gasteiger partial charge is 0.255 e. The summed E-state index contributed by atoms with van der Waals surface area (Å²) in [4.78, 5) is 12.7. The van der Waals surface area contributed by atoms with E-state index in [4.69, 9.17) is 4.74 Å². The number of methoxy groups -OCH3 is 1. The molecule has 0 unspecified atom stereocenters. The van der Waals surface area contributed by atoms with Crippen molar-refractivity contribution < 1.29 is 17.9 Å². The van der Waals surface area contributed by atoms with Gasteiger partial charge < -0.3 is 10.1 Å². The first-order chi connectivity index (χ1) is 13.0. The van der Waals surface area contributed by atoms with Crippen LogP contribution in [0.2, 0.25) is 0 Å². The number of nitrogens with one attached hydrogen (secondary N) is 2. The van der Waals surface area contributed by atoms with Gasteiger partial charge in [-0.05, 0) is 61.1 Å². The average molecular weight is 388 g/mol. The fraction of sp³-hybridized carbons (Fsp3) is 0.350. The van der Waals surface area contributed by atoms with Crippen LogP contribution in [0.5, 0.6) is 0 Å². The number of hydrogen-bond donors (Lipinski definition) is 2. The van der Waals surface area contributed by atoms with Gasteiger partial charge in [-0.15, -0.1) is 0 Å². The Morgan fingerprint density at radius 1 is 1.11 bits per heavy atom. The van der Waals surface area contributed by atoms with E-state index in [1.165, 1.54) is 36.8 Å². The van der Waals surface area contributed by atoms with E-state index in [1.54, 1.807) is 12.1 Å². The normalized spacial score (nSPS) is 13.8. The Kier molecular flexibility index (Phi) is 6.26. The monoisotopic (exact) mass is 388 g/mol. The van der Waals surface area contributed by atoms with Crippen LogP contribution in [0.3, 0.4) is 0 Å². The molecule has 0 aliphatic heterocycles. The maximum atomic E-state index is 12.7. The highest BCUT2D eigenvalue weighted by Crippen LogP contribution is 2.28. The standard InChI is InChI=1S/C20H24N2O4S/c1-26-13-12-21-27(24,25)17-9-4-8-16(14-17)20(23)22-19-11-5-7-15-6-2-3-10-18(15)19/h4-5,7-9,11,14,21H,2-3,6,10,12-13H2,1H3,(H,22,23). The molecule has 0 fully saturated rings. The Hall–Kier alpha value is -2.22. The second-order valence-electron chi connectivity index (χ2n) is 6.52. The number of sulfonamides is 1. The number of hydrogen-bond acceptors (Lipinski definition) is 4. The summed E-state index contributed by atoms with van der Waals surface area (Å²) < 4.78 is 32.0. The third-order valence-electron chi connectivity index (χ3n) is 4.65. The summed E-state index contributed by atoms with van der Waals surface area (Å²) >= 11 is 0. The highest BCUT2D eigenvalue weighted by Gasteiger charge is 2.18. The lowest BCUT2D eigenvalue weighted by Gasteiger charge is -2.19. The minimum Gasteiger partial charge on any atom is -0.383 e. The third kappa shape index (κ3) is 4.74. The predicted molar refractivity (Wildman–Crippen MR) is 105 cm³/mol. The molecule has 0 heterocycles. The number of amides is 1. The molecule has 0 aromatic heterocycles. The molecule has 0 radical (unpaired) electrons. The van der Waals surface area contributed by atoms with Gasteiger partial charge in [-0.1, -0.05) is 18.2 Å². The van der Waals surface area contributed by atoms with E-state index in [1.807, 2.05) is 12.1 Å². The van der Waals surface area contributed by atoms with Crippen LogP contribution in [0.15, 0.2) is 47.4 Å². The van der Waals surface area contributed by atoms with Crippen LogP contribution in [0.1, 0.15) is 34.3 Å². The van der Waals surface area contributed by atoms with Gasteiger partial charge in [0, 0.05) is 24.9 Å². The van der Waals surface area contributed by atoms with Gasteiger partial charge in [-0.3, -0.25) is 4.79 Å². The first-order valence-electron chi connectivity index (χ1n) is 9.02. The summed E-state index contributed by atoms with van der Waals surface area (Å²) in [5.41, 5.74) is 3.57. The van der Waals surface area contributed by atoms with E-state index in [0.717, 1.165) is 24.9 Å². The van der Waals surface area contributed by atoms with E-state index < -0.39 is 10.0 Å². The SMILES string of the molecule is COCCNS(=O)(=O)c1cccc(C(=O)Nc2cccc3c2CCCC3)c1. The van der Waals surface area contributed by atoms with Gasteiger partial charge in [0.1, 0.15) is 0 Å². The van der Waals surface area contributed by atoms with Crippen LogP contribution in [0.4, 0.5) is 5.69 Å². The first kappa shape index (κ1) is 19.5. The van der Waals surface area contributed by atoms with Gasteiger partial charge in [0.15, 0.2) is 0 Å². The van der Waals surface area contributed by atoms with E-state index >= 15 is 0 Å². The molecule has 144 valence electrons. The Labute approximate surface area is 160 Å². The molecule has 2 aromatic rings. The number of fused-ring (bicyclic) bond motifs is 1. The van der Waals surface area contributed by atoms with Crippen molar-refractivity contribution in [2.24, 2.45) is 0 Å². The minimum atomic E-state index is -3.69. The van der Waals surface area contributed by atoms with Crippen molar-refractivity contribution in [2.45, 2.75) is 30.6 Å². The zero-order valence-electron chi connectivity index (χ0n) is 15.3. The van der Waals surface area contributed by atoms with Crippen LogP contribution < -0.4 is 10.0 Å². The molecule has 0 saturated carbocycles. The van der Waals surface area contributed by atoms with Crippen LogP contribution in [0.25, 0.3) is 0 Å². The molecular weight excluding hydrogens is 364 g/mol. The van der Waals surface area contributed by atoms with Crippen LogP contribution in [-0.2, 0) is 27.6 Å². The van der Waals surface area contributed by atoms with Gasteiger partial charge in [0.2, 0.25) is 10.0 Å². The van der Waals surface area contributed by atoms with Gasteiger partial charge in [-0.2, -0.15) is 0 Å². The zero-order valence-corrected chi connectivity index (χ0v) is 16.1. The maximum absolute atomic E-state index is 12.7. The number of aryl methyl sites for hydroxylation is 1. The lowest BCUT2D eigenvalue weighted by Crippen LogP contribution is -2.27. The van der Waals surface area contributed by atoms with E-state index in [-0.39, 0.29) is 24.0 Å². The minimum absolute atomic E-state index is 0.0568. The molecule has 27 heavy (non-hydrogen) atoms. The number of carbonyl (C=O) groups is 1. The molecule has 7 heteroatoms. The van der Waals surface area contributed by atoms with E-state index in [9.17, 15) is 13.2 Å². The fourth-order valence-electron chi connectivity index (χ4n) is 3.26. The summed E-state index contributed by atoms with van der Waals surface area (Å²) in [6.45, 7) is 0.448. The summed E-state index contributed by atoms with van der Waals surface area (Å²) in [7, 11) is -2.18. The van der Waals surface area contributed by atoms with E-state index in [0.29, 0.717) is 5.56 Å². The van der Waals surface area contributed by atoms with Crippen molar-refractivity contribution in [2.75, 3.05) is 25.6 Å². The van der Waals surface area contributed by atoms with Crippen molar-refractivity contribution in [1.29, 1.82) is 0 Å². The highest BCUT2D eigenvalue weighted by molar-refractivity contribution is 7.89. The van der Waals surface area contributed by atoms with Gasteiger partial charge in [0.25, 0.3) is 5.91 Å². The largest absolute Gasteiger partial charge is 0.383 e. The molecule has 1 aliphatic rings. The number of benzene rings is 2. The Balaban J connectivity index is 1.78. The van der Waals surface area contributed by atoms with Crippen molar-refractivity contribution in [1.82, 2.24) is 4.72 Å². The average Bonchev–Trinajstić information content (AvgIpc) is 2.68. The second-order valence-corrected chi connectivity index (χ2v) is 8.29. The molecule has 0 bridgehead atoms. The molecule has 0 spiro atoms. The quantitative estimate of drug-likeness (QED) is 0.715. The van der Waals surface area contributed by atoms with Crippen LogP contribution in [0, 0.1) is 0 Å². The maximum Gasteiger partial charge on any atom is 0.255 e. The first-order valence-corrected chi connectivity index (χ1v) is 10.5. The van der Waals surface area contributed by atoms with Crippen LogP contribution >= 0.6 is 0 Å². The number of ether oxygens (including phenoxy) is 1. The van der Waals surface area contributed by atoms with Gasteiger partial charge in [0.05, 0.1) is 11.5 Å². The molecule has 1 amide bonds. The molecule has 3 rings (SSSR count). The number of carbonyl (C=O) groups excluding carboxylic acids is 1. The van der Waals surface area contributed by atoms with Crippen molar-refractivity contribution in [3.05, 3.63) is 59.2 Å². The zero-order chi connectivity index (χ0) is 19.3. The lowest BCUT2D eigenvalue weighted by atomic mass is 9.90. The lowest BCUT2D eigenvalue weighted by molar-refractivity contribution is 0.102. The Bertz CT molecular complexity index is 925. The molecule has 2 aromatic carbocycles. The summed E-state index contributed by atoms with van der Waals surface area (Å²) in [5.74, 6) is -0.317. The number of rotatable bonds is 7. The van der Waals surface area contributed by atoms with Crippen molar-refractivity contribution >= 4 is 21.6 Å². The summed E-state index contributed by atoms with van der Waals surface area (Å²) in [5, 5.41) is 2.94. The van der Waals surface area contributed by atoms with E-state index in [2.05, 4.69) is 16.1 Å². The summed E-state index contributed by atoms with van der Waals surface area (Å²) in [6.07, 6.45) is 4.25. The second kappa shape index (κ2) is 8.65. The molecule has 0 saturated heterocycles. The topological polar surface area (TPSA) is 84.5 Å². The Morgan fingerprint density at radius 3 is 2.70 bits per heavy atom. The molecular formula is C20H24N2O4S. The summed E-state index contributed by atoms with van der Waals surface area (Å²) in [6, 6.07) is 12.0. The highest BCUT2D eigenvalue weighted by atomic mass is 32.2. The molecule has 1 aliphatic carbocycles. The predicted octanol–water partition coefficient (Wildman–Crippen LogP) is 2.74. The molecule has 0 atom stereocenters. The number of anilines is 1. The van der Waals surface area contributed by atoms with Crippen molar-refractivity contribution in [3.63, 3.8) is 0 Å². The van der Waals surface area contributed by atoms with Gasteiger partial charge in [-0.25, -0.2) is 13.1 Å².